The van der Waals surface area contributed by atoms with Crippen molar-refractivity contribution in [1.29, 1.82) is 0 Å². The number of ketones is 1. The van der Waals surface area contributed by atoms with Gasteiger partial charge in [-0.15, -0.1) is 0 Å². The number of Topliss-reactive ketones (excluding diaryl/α,β-unsaturated/α-hetero) is 1. The number of rotatable bonds is 12. The van der Waals surface area contributed by atoms with E-state index in [1.807, 2.05) is 0 Å². The number of sulfonamides is 1. The van der Waals surface area contributed by atoms with Crippen LogP contribution in [-0.2, 0) is 33.9 Å². The number of nitrogens with one attached hydrogen (secondary N) is 3. The molecular formula is C31H44BrN5O8S. The van der Waals surface area contributed by atoms with Gasteiger partial charge in [0, 0.05) is 17.1 Å². The third-order valence-corrected chi connectivity index (χ3v) is 10.7. The molecular weight excluding hydrogens is 682 g/mol. The van der Waals surface area contributed by atoms with Crippen LogP contribution >= 0.6 is 15.9 Å². The number of halogens is 1. The Kier molecular flexibility index (Phi) is 11.5. The van der Waals surface area contributed by atoms with Gasteiger partial charge in [-0.25, -0.2) is 13.2 Å². The molecule has 2 saturated carbocycles. The second-order valence-corrected chi connectivity index (χ2v) is 16.1. The topological polar surface area (TPSA) is 171 Å². The second-order valence-electron chi connectivity index (χ2n) is 13.3. The molecule has 46 heavy (non-hydrogen) atoms. The fourth-order valence-electron chi connectivity index (χ4n) is 5.59. The number of hydrogen-bond acceptors (Lipinski definition) is 8. The van der Waals surface area contributed by atoms with Crippen LogP contribution < -0.4 is 16.0 Å². The SMILES string of the molecule is CCC[C@H](NC(=O)[C@@H]1CN(S(=O)(=O)c2ccc(Br)cc2)CN1C(=O)[C@@H](NC(=O)OC1CCCC1)C(C)(C)C)C(=O)C(=O)NC1CC1. The van der Waals surface area contributed by atoms with Crippen molar-refractivity contribution in [1.82, 2.24) is 25.2 Å². The summed E-state index contributed by atoms with van der Waals surface area (Å²) < 4.78 is 34.6. The summed E-state index contributed by atoms with van der Waals surface area (Å²) in [5.41, 5.74) is -0.855. The maximum absolute atomic E-state index is 14.2. The first-order valence-corrected chi connectivity index (χ1v) is 18.0. The molecule has 4 amide bonds. The lowest BCUT2D eigenvalue weighted by atomic mass is 9.85. The third-order valence-electron chi connectivity index (χ3n) is 8.40. The molecule has 3 fully saturated rings. The zero-order valence-electron chi connectivity index (χ0n) is 26.7. The van der Waals surface area contributed by atoms with Crippen LogP contribution in [0.5, 0.6) is 0 Å². The van der Waals surface area contributed by atoms with Gasteiger partial charge in [-0.2, -0.15) is 4.31 Å². The Bertz CT molecular complexity index is 1420. The molecule has 1 aromatic rings. The van der Waals surface area contributed by atoms with Gasteiger partial charge in [0.25, 0.3) is 5.91 Å². The maximum atomic E-state index is 14.2. The van der Waals surface area contributed by atoms with Crippen molar-refractivity contribution in [2.45, 2.75) is 114 Å². The number of nitrogens with zero attached hydrogens (tertiary/aromatic N) is 2. The van der Waals surface area contributed by atoms with Crippen molar-refractivity contribution in [3.05, 3.63) is 28.7 Å². The number of carbonyl (C=O) groups is 5. The molecule has 1 heterocycles. The minimum absolute atomic E-state index is 0.0365. The molecule has 254 valence electrons. The molecule has 2 aliphatic carbocycles. The summed E-state index contributed by atoms with van der Waals surface area (Å²) in [6, 6.07) is 2.20. The van der Waals surface area contributed by atoms with Crippen LogP contribution in [0.1, 0.15) is 79.1 Å². The summed E-state index contributed by atoms with van der Waals surface area (Å²) in [5, 5.41) is 7.93. The Hall–Kier alpha value is -3.04. The van der Waals surface area contributed by atoms with Crippen LogP contribution in [0.15, 0.2) is 33.6 Å². The highest BCUT2D eigenvalue weighted by Gasteiger charge is 2.48. The highest BCUT2D eigenvalue weighted by Crippen LogP contribution is 2.29. The van der Waals surface area contributed by atoms with Gasteiger partial charge in [-0.1, -0.05) is 50.0 Å². The first-order chi connectivity index (χ1) is 21.6. The van der Waals surface area contributed by atoms with E-state index in [4.69, 9.17) is 4.74 Å². The number of hydrogen-bond donors (Lipinski definition) is 3. The molecule has 3 N–H and O–H groups in total. The minimum atomic E-state index is -4.17. The van der Waals surface area contributed by atoms with Gasteiger partial charge in [0.1, 0.15) is 18.2 Å². The van der Waals surface area contributed by atoms with Crippen LogP contribution in [0.2, 0.25) is 0 Å². The largest absolute Gasteiger partial charge is 0.446 e. The summed E-state index contributed by atoms with van der Waals surface area (Å²) >= 11 is 3.29. The van der Waals surface area contributed by atoms with Crippen molar-refractivity contribution >= 4 is 55.6 Å². The second kappa shape index (κ2) is 14.8. The molecule has 3 aliphatic rings. The van der Waals surface area contributed by atoms with E-state index >= 15 is 0 Å². The van der Waals surface area contributed by atoms with E-state index < -0.39 is 76.4 Å². The molecule has 4 rings (SSSR count). The van der Waals surface area contributed by atoms with Gasteiger partial charge in [-0.3, -0.25) is 19.2 Å². The Morgan fingerprint density at radius 2 is 1.63 bits per heavy atom. The van der Waals surface area contributed by atoms with E-state index in [1.54, 1.807) is 39.8 Å². The molecule has 0 aromatic heterocycles. The average Bonchev–Trinajstić information content (AvgIpc) is 3.44. The lowest BCUT2D eigenvalue weighted by Gasteiger charge is -2.35. The lowest BCUT2D eigenvalue weighted by Crippen LogP contribution is -2.59. The summed E-state index contributed by atoms with van der Waals surface area (Å²) in [7, 11) is -4.17. The smallest absolute Gasteiger partial charge is 0.408 e. The molecule has 1 aromatic carbocycles. The summed E-state index contributed by atoms with van der Waals surface area (Å²) in [4.78, 5) is 67.6. The highest BCUT2D eigenvalue weighted by molar-refractivity contribution is 9.10. The van der Waals surface area contributed by atoms with Gasteiger partial charge in [0.2, 0.25) is 27.6 Å². The van der Waals surface area contributed by atoms with Crippen LogP contribution in [0.4, 0.5) is 4.79 Å². The van der Waals surface area contributed by atoms with E-state index in [2.05, 4.69) is 31.9 Å². The van der Waals surface area contributed by atoms with Crippen LogP contribution in [0.25, 0.3) is 0 Å². The first kappa shape index (κ1) is 35.8. The average molecular weight is 727 g/mol. The zero-order chi connectivity index (χ0) is 33.8. The number of carbonyl (C=O) groups excluding carboxylic acids is 5. The van der Waals surface area contributed by atoms with Crippen molar-refractivity contribution in [3.8, 4) is 0 Å². The predicted octanol–water partition coefficient (Wildman–Crippen LogP) is 2.82. The Labute approximate surface area is 278 Å². The van der Waals surface area contributed by atoms with Crippen molar-refractivity contribution in [3.63, 3.8) is 0 Å². The maximum Gasteiger partial charge on any atom is 0.408 e. The fraction of sp³-hybridized carbons (Fsp3) is 0.645. The normalized spacial score (nSPS) is 20.5. The number of ether oxygens (including phenoxy) is 1. The molecule has 3 atom stereocenters. The standard InChI is InChI=1S/C31H44BrN5O8S/c1-5-8-23(25(38)28(40)33-20-13-14-20)34-27(39)24-17-36(46(43,44)22-15-11-19(32)12-16-22)18-37(24)29(41)26(31(2,3)4)35-30(42)45-21-9-6-7-10-21/h11-12,15-16,20-21,23-24,26H,5-10,13-14,17-18H2,1-4H3,(H,33,40)(H,34,39)(H,35,42)/t23-,24-,26+/m0/s1. The van der Waals surface area contributed by atoms with Gasteiger partial charge >= 0.3 is 6.09 Å². The molecule has 13 nitrogen and oxygen atoms in total. The van der Waals surface area contributed by atoms with E-state index in [1.165, 1.54) is 12.1 Å². The van der Waals surface area contributed by atoms with Crippen molar-refractivity contribution in [2.24, 2.45) is 5.41 Å². The van der Waals surface area contributed by atoms with Crippen LogP contribution in [0, 0.1) is 5.41 Å². The molecule has 1 saturated heterocycles. The molecule has 0 bridgehead atoms. The molecule has 0 spiro atoms. The first-order valence-electron chi connectivity index (χ1n) is 15.8. The molecule has 0 radical (unpaired) electrons. The van der Waals surface area contributed by atoms with E-state index in [0.29, 0.717) is 10.9 Å². The van der Waals surface area contributed by atoms with Gasteiger partial charge in [0.05, 0.1) is 17.6 Å². The van der Waals surface area contributed by atoms with Crippen molar-refractivity contribution < 1.29 is 37.1 Å². The highest BCUT2D eigenvalue weighted by atomic mass is 79.9. The number of amides is 4. The Balaban J connectivity index is 1.61. The van der Waals surface area contributed by atoms with E-state index in [9.17, 15) is 32.4 Å². The van der Waals surface area contributed by atoms with Gasteiger partial charge in [0.15, 0.2) is 0 Å². The Morgan fingerprint density at radius 3 is 2.20 bits per heavy atom. The lowest BCUT2D eigenvalue weighted by molar-refractivity contribution is -0.143. The van der Waals surface area contributed by atoms with E-state index in [0.717, 1.165) is 47.7 Å². The summed E-state index contributed by atoms with van der Waals surface area (Å²) in [5.74, 6) is -3.07. The zero-order valence-corrected chi connectivity index (χ0v) is 29.1. The monoisotopic (exact) mass is 725 g/mol. The Morgan fingerprint density at radius 1 is 1.00 bits per heavy atom. The number of benzene rings is 1. The van der Waals surface area contributed by atoms with Crippen LogP contribution in [0.3, 0.4) is 0 Å². The van der Waals surface area contributed by atoms with Crippen LogP contribution in [-0.4, -0.2) is 90.7 Å². The molecule has 15 heteroatoms. The van der Waals surface area contributed by atoms with Gasteiger partial charge in [-0.05, 0) is 74.6 Å². The van der Waals surface area contributed by atoms with Gasteiger partial charge < -0.3 is 25.6 Å². The molecule has 1 aliphatic heterocycles. The predicted molar refractivity (Wildman–Crippen MR) is 172 cm³/mol. The summed E-state index contributed by atoms with van der Waals surface area (Å²) in [6.45, 7) is 6.13. The number of alkyl carbamates (subject to hydrolysis) is 1. The third kappa shape index (κ3) is 8.85. The molecule has 0 unspecified atom stereocenters. The minimum Gasteiger partial charge on any atom is -0.446 e. The summed E-state index contributed by atoms with van der Waals surface area (Å²) in [6.07, 6.45) is 4.53. The fourth-order valence-corrected chi connectivity index (χ4v) is 7.24. The quantitative estimate of drug-likeness (QED) is 0.276. The van der Waals surface area contributed by atoms with Crippen molar-refractivity contribution in [2.75, 3.05) is 13.2 Å². The van der Waals surface area contributed by atoms with E-state index in [-0.39, 0.29) is 23.5 Å².